The van der Waals surface area contributed by atoms with E-state index in [1.807, 2.05) is 12.3 Å². The van der Waals surface area contributed by atoms with Crippen molar-refractivity contribution in [3.05, 3.63) is 12.4 Å². The Hall–Kier alpha value is -0.620. The lowest BCUT2D eigenvalue weighted by atomic mass is 10.2. The molecule has 0 fully saturated rings. The third kappa shape index (κ3) is 4.94. The molecule has 0 aliphatic carbocycles. The van der Waals surface area contributed by atoms with Gasteiger partial charge in [0.25, 0.3) is 0 Å². The summed E-state index contributed by atoms with van der Waals surface area (Å²) in [6.07, 6.45) is 6.14. The minimum atomic E-state index is -0.727. The zero-order chi connectivity index (χ0) is 12.0. The van der Waals surface area contributed by atoms with Crippen LogP contribution in [0.5, 0.6) is 0 Å². The van der Waals surface area contributed by atoms with Crippen molar-refractivity contribution in [3.63, 3.8) is 0 Å². The number of anilines is 1. The molecular formula is C10H17N3OS2. The molecule has 0 bridgehead atoms. The minimum absolute atomic E-state index is 0.272. The van der Waals surface area contributed by atoms with E-state index in [0.717, 1.165) is 17.3 Å². The van der Waals surface area contributed by atoms with Gasteiger partial charge < -0.3 is 5.32 Å². The highest BCUT2D eigenvalue weighted by atomic mass is 32.2. The van der Waals surface area contributed by atoms with Crippen LogP contribution in [-0.2, 0) is 10.8 Å². The Morgan fingerprint density at radius 1 is 1.56 bits per heavy atom. The normalized spacial score (nSPS) is 14.4. The van der Waals surface area contributed by atoms with E-state index < -0.39 is 10.8 Å². The zero-order valence-corrected chi connectivity index (χ0v) is 11.4. The Labute approximate surface area is 103 Å². The second-order valence-corrected chi connectivity index (χ2v) is 5.94. The van der Waals surface area contributed by atoms with Crippen molar-refractivity contribution in [2.24, 2.45) is 0 Å². The van der Waals surface area contributed by atoms with Crippen LogP contribution in [0.4, 0.5) is 5.82 Å². The molecule has 0 aromatic carbocycles. The largest absolute Gasteiger partial charge is 0.367 e. The topological polar surface area (TPSA) is 54.9 Å². The van der Waals surface area contributed by atoms with Crippen LogP contribution in [0.15, 0.2) is 17.4 Å². The van der Waals surface area contributed by atoms with Crippen LogP contribution in [0.2, 0.25) is 0 Å². The Morgan fingerprint density at radius 3 is 2.94 bits per heavy atom. The molecule has 1 aromatic heterocycles. The number of nitrogens with zero attached hydrogens (tertiary/aromatic N) is 2. The molecular weight excluding hydrogens is 242 g/mol. The summed E-state index contributed by atoms with van der Waals surface area (Å²) in [4.78, 5) is 8.25. The molecule has 0 radical (unpaired) electrons. The summed E-state index contributed by atoms with van der Waals surface area (Å²) in [7, 11) is -0.727. The second-order valence-electron chi connectivity index (χ2n) is 3.56. The van der Waals surface area contributed by atoms with Gasteiger partial charge in [0.1, 0.15) is 17.2 Å². The van der Waals surface area contributed by atoms with Crippen molar-refractivity contribution in [3.8, 4) is 0 Å². The number of nitrogens with one attached hydrogen (secondary N) is 1. The maximum atomic E-state index is 11.0. The fourth-order valence-corrected chi connectivity index (χ4v) is 2.26. The highest BCUT2D eigenvalue weighted by Gasteiger charge is 2.04. The first-order valence-electron chi connectivity index (χ1n) is 5.04. The number of hydrogen-bond acceptors (Lipinski definition) is 5. The van der Waals surface area contributed by atoms with Crippen molar-refractivity contribution >= 4 is 28.4 Å². The van der Waals surface area contributed by atoms with E-state index in [4.69, 9.17) is 0 Å². The van der Waals surface area contributed by atoms with Crippen molar-refractivity contribution < 1.29 is 4.21 Å². The van der Waals surface area contributed by atoms with Gasteiger partial charge in [-0.2, -0.15) is 0 Å². The van der Waals surface area contributed by atoms with Crippen molar-refractivity contribution in [1.82, 2.24) is 9.97 Å². The van der Waals surface area contributed by atoms with Gasteiger partial charge in [0.15, 0.2) is 0 Å². The summed E-state index contributed by atoms with van der Waals surface area (Å²) in [6.45, 7) is 2.06. The van der Waals surface area contributed by atoms with Crippen molar-refractivity contribution in [1.29, 1.82) is 0 Å². The molecule has 0 aliphatic rings. The van der Waals surface area contributed by atoms with Crippen LogP contribution >= 0.6 is 11.8 Å². The van der Waals surface area contributed by atoms with E-state index in [1.165, 1.54) is 0 Å². The van der Waals surface area contributed by atoms with Crippen LogP contribution in [0.25, 0.3) is 0 Å². The number of thioether (sulfide) groups is 1. The van der Waals surface area contributed by atoms with Gasteiger partial charge >= 0.3 is 0 Å². The molecule has 0 spiro atoms. The Kier molecular flexibility index (Phi) is 5.76. The SMILES string of the molecule is CSc1cc(NC(C)CCS(C)=O)ncn1. The molecule has 1 N–H and O–H groups in total. The van der Waals surface area contributed by atoms with Gasteiger partial charge in [-0.3, -0.25) is 4.21 Å². The first-order chi connectivity index (χ1) is 7.61. The summed E-state index contributed by atoms with van der Waals surface area (Å²) < 4.78 is 11.0. The molecule has 0 amide bonds. The molecule has 6 heteroatoms. The fraction of sp³-hybridized carbons (Fsp3) is 0.600. The highest BCUT2D eigenvalue weighted by molar-refractivity contribution is 7.98. The lowest BCUT2D eigenvalue weighted by molar-refractivity contribution is 0.678. The van der Waals surface area contributed by atoms with Crippen LogP contribution in [-0.4, -0.2) is 38.5 Å². The molecule has 0 aliphatic heterocycles. The first-order valence-corrected chi connectivity index (χ1v) is 7.99. The van der Waals surface area contributed by atoms with Gasteiger partial charge in [0.2, 0.25) is 0 Å². The molecule has 0 saturated carbocycles. The third-order valence-corrected chi connectivity index (χ3v) is 3.54. The summed E-state index contributed by atoms with van der Waals surface area (Å²) in [5.74, 6) is 1.54. The van der Waals surface area contributed by atoms with Gasteiger partial charge in [0.05, 0.1) is 0 Å². The molecule has 16 heavy (non-hydrogen) atoms. The molecule has 4 nitrogen and oxygen atoms in total. The standard InChI is InChI=1S/C10H17N3OS2/c1-8(4-5-16(3)14)13-9-6-10(15-2)12-7-11-9/h6-8H,4-5H2,1-3H3,(H,11,12,13). The predicted molar refractivity (Wildman–Crippen MR) is 70.4 cm³/mol. The molecule has 1 aromatic rings. The highest BCUT2D eigenvalue weighted by Crippen LogP contribution is 2.14. The quantitative estimate of drug-likeness (QED) is 0.623. The van der Waals surface area contributed by atoms with Gasteiger partial charge in [0, 0.05) is 34.9 Å². The molecule has 2 atom stereocenters. The Bertz CT molecular complexity index is 360. The second kappa shape index (κ2) is 6.85. The van der Waals surface area contributed by atoms with E-state index in [2.05, 4.69) is 22.2 Å². The van der Waals surface area contributed by atoms with Gasteiger partial charge in [-0.05, 0) is 19.6 Å². The number of rotatable bonds is 6. The lowest BCUT2D eigenvalue weighted by Crippen LogP contribution is -2.18. The fourth-order valence-electron chi connectivity index (χ4n) is 1.20. The molecule has 0 saturated heterocycles. The molecule has 1 heterocycles. The number of hydrogen-bond donors (Lipinski definition) is 1. The lowest BCUT2D eigenvalue weighted by Gasteiger charge is -2.13. The van der Waals surface area contributed by atoms with E-state index in [-0.39, 0.29) is 6.04 Å². The van der Waals surface area contributed by atoms with Crippen LogP contribution in [0, 0.1) is 0 Å². The van der Waals surface area contributed by atoms with E-state index in [9.17, 15) is 4.21 Å². The van der Waals surface area contributed by atoms with Crippen LogP contribution < -0.4 is 5.32 Å². The van der Waals surface area contributed by atoms with Gasteiger partial charge in [-0.25, -0.2) is 9.97 Å². The summed E-state index contributed by atoms with van der Waals surface area (Å²) in [5.41, 5.74) is 0. The van der Waals surface area contributed by atoms with E-state index >= 15 is 0 Å². The molecule has 90 valence electrons. The minimum Gasteiger partial charge on any atom is -0.367 e. The van der Waals surface area contributed by atoms with Crippen LogP contribution in [0.3, 0.4) is 0 Å². The average Bonchev–Trinajstić information content (AvgIpc) is 2.26. The number of aromatic nitrogens is 2. The zero-order valence-electron chi connectivity index (χ0n) is 9.77. The first kappa shape index (κ1) is 13.4. The smallest absolute Gasteiger partial charge is 0.130 e. The van der Waals surface area contributed by atoms with Gasteiger partial charge in [-0.15, -0.1) is 11.8 Å². The third-order valence-electron chi connectivity index (χ3n) is 2.08. The van der Waals surface area contributed by atoms with Crippen LogP contribution in [0.1, 0.15) is 13.3 Å². The molecule has 1 rings (SSSR count). The van der Waals surface area contributed by atoms with E-state index in [0.29, 0.717) is 5.75 Å². The van der Waals surface area contributed by atoms with Crippen molar-refractivity contribution in [2.45, 2.75) is 24.4 Å². The molecule has 2 unspecified atom stereocenters. The predicted octanol–water partition coefficient (Wildman–Crippen LogP) is 1.77. The maximum Gasteiger partial charge on any atom is 0.130 e. The maximum absolute atomic E-state index is 11.0. The van der Waals surface area contributed by atoms with Crippen molar-refractivity contribution in [2.75, 3.05) is 23.6 Å². The van der Waals surface area contributed by atoms with Gasteiger partial charge in [-0.1, -0.05) is 0 Å². The summed E-state index contributed by atoms with van der Waals surface area (Å²) in [5, 5.41) is 4.22. The average molecular weight is 259 g/mol. The summed E-state index contributed by atoms with van der Waals surface area (Å²) >= 11 is 1.59. The van der Waals surface area contributed by atoms with E-state index in [1.54, 1.807) is 24.3 Å². The Morgan fingerprint density at radius 2 is 2.31 bits per heavy atom. The Balaban J connectivity index is 2.48. The summed E-state index contributed by atoms with van der Waals surface area (Å²) in [6, 6.07) is 2.19. The monoisotopic (exact) mass is 259 g/mol.